The molecule has 0 saturated carbocycles. The highest BCUT2D eigenvalue weighted by atomic mass is 32.2. The molecule has 1 saturated heterocycles. The van der Waals surface area contributed by atoms with Crippen LogP contribution < -0.4 is 0 Å². The number of rotatable bonds is 3. The first-order valence-corrected chi connectivity index (χ1v) is 8.99. The lowest BCUT2D eigenvalue weighted by Crippen LogP contribution is -2.50. The van der Waals surface area contributed by atoms with Gasteiger partial charge in [0.25, 0.3) is 5.91 Å². The lowest BCUT2D eigenvalue weighted by molar-refractivity contribution is 0.0697. The third-order valence-electron chi connectivity index (χ3n) is 3.97. The quantitative estimate of drug-likeness (QED) is 0.825. The van der Waals surface area contributed by atoms with Crippen LogP contribution >= 0.6 is 0 Å². The molecule has 9 heteroatoms. The van der Waals surface area contributed by atoms with Gasteiger partial charge in [-0.3, -0.25) is 9.78 Å². The Balaban J connectivity index is 1.75. The lowest BCUT2D eigenvalue weighted by atomic mass is 10.2. The van der Waals surface area contributed by atoms with E-state index in [1.54, 1.807) is 12.1 Å². The number of benzene rings is 1. The number of hydrogen-bond donors (Lipinski definition) is 0. The number of carbonyl (C=O) groups is 1. The van der Waals surface area contributed by atoms with Gasteiger partial charge in [-0.25, -0.2) is 17.2 Å². The van der Waals surface area contributed by atoms with Crippen LogP contribution in [0.4, 0.5) is 8.78 Å². The van der Waals surface area contributed by atoms with Crippen molar-refractivity contribution in [3.8, 4) is 0 Å². The van der Waals surface area contributed by atoms with E-state index in [0.29, 0.717) is 5.56 Å². The summed E-state index contributed by atoms with van der Waals surface area (Å²) in [6.07, 6.45) is 2.99. The summed E-state index contributed by atoms with van der Waals surface area (Å²) in [5, 5.41) is 0. The summed E-state index contributed by atoms with van der Waals surface area (Å²) in [5.41, 5.74) is 0.450. The second-order valence-corrected chi connectivity index (χ2v) is 7.36. The summed E-state index contributed by atoms with van der Waals surface area (Å²) in [5.74, 6) is -2.50. The van der Waals surface area contributed by atoms with Crippen molar-refractivity contribution in [3.05, 3.63) is 59.9 Å². The van der Waals surface area contributed by atoms with Gasteiger partial charge < -0.3 is 4.90 Å². The number of amides is 1. The molecule has 0 radical (unpaired) electrons. The van der Waals surface area contributed by atoms with Crippen LogP contribution in [-0.4, -0.2) is 54.7 Å². The standard InChI is InChI=1S/C16H15F2N3O3S/c17-13-2-1-3-14(18)15(13)25(23,24)21-10-8-20(9-11-21)16(22)12-4-6-19-7-5-12/h1-7H,8-11H2. The third kappa shape index (κ3) is 3.38. The zero-order valence-electron chi connectivity index (χ0n) is 13.1. The minimum Gasteiger partial charge on any atom is -0.336 e. The fourth-order valence-electron chi connectivity index (χ4n) is 2.67. The Hall–Kier alpha value is -2.39. The summed E-state index contributed by atoms with van der Waals surface area (Å²) >= 11 is 0. The third-order valence-corrected chi connectivity index (χ3v) is 5.92. The molecule has 1 aliphatic heterocycles. The molecule has 2 heterocycles. The molecule has 1 aromatic carbocycles. The number of piperazine rings is 1. The normalized spacial score (nSPS) is 16.0. The molecule has 6 nitrogen and oxygen atoms in total. The Morgan fingerprint density at radius 3 is 2.08 bits per heavy atom. The van der Waals surface area contributed by atoms with Crippen LogP contribution in [-0.2, 0) is 10.0 Å². The number of hydrogen-bond acceptors (Lipinski definition) is 4. The number of halogens is 2. The largest absolute Gasteiger partial charge is 0.336 e. The number of carbonyl (C=O) groups excluding carboxylic acids is 1. The summed E-state index contributed by atoms with van der Waals surface area (Å²) in [6.45, 7) is 0.201. The molecular formula is C16H15F2N3O3S. The van der Waals surface area contributed by atoms with Crippen LogP contribution in [0.1, 0.15) is 10.4 Å². The fraction of sp³-hybridized carbons (Fsp3) is 0.250. The van der Waals surface area contributed by atoms with Crippen molar-refractivity contribution in [3.63, 3.8) is 0 Å². The molecular weight excluding hydrogens is 352 g/mol. The van der Waals surface area contributed by atoms with Crippen molar-refractivity contribution >= 4 is 15.9 Å². The number of pyridine rings is 1. The van der Waals surface area contributed by atoms with Gasteiger partial charge >= 0.3 is 0 Å². The van der Waals surface area contributed by atoms with Gasteiger partial charge in [0.2, 0.25) is 10.0 Å². The first-order chi connectivity index (χ1) is 11.9. The van der Waals surface area contributed by atoms with Crippen molar-refractivity contribution in [2.45, 2.75) is 4.90 Å². The Morgan fingerprint density at radius 1 is 0.960 bits per heavy atom. The first-order valence-electron chi connectivity index (χ1n) is 7.55. The summed E-state index contributed by atoms with van der Waals surface area (Å²) in [6, 6.07) is 6.05. The van der Waals surface area contributed by atoms with Crippen LogP contribution in [0.2, 0.25) is 0 Å². The topological polar surface area (TPSA) is 70.6 Å². The molecule has 25 heavy (non-hydrogen) atoms. The molecule has 1 amide bonds. The zero-order chi connectivity index (χ0) is 18.0. The van der Waals surface area contributed by atoms with E-state index in [9.17, 15) is 22.0 Å². The van der Waals surface area contributed by atoms with Gasteiger partial charge in [0.05, 0.1) is 0 Å². The SMILES string of the molecule is O=C(c1ccncc1)N1CCN(S(=O)(=O)c2c(F)cccc2F)CC1. The van der Waals surface area contributed by atoms with E-state index in [-0.39, 0.29) is 32.1 Å². The Bertz CT molecular complexity index is 863. The minimum atomic E-state index is -4.30. The maximum Gasteiger partial charge on any atom is 0.254 e. The second kappa shape index (κ2) is 6.85. The highest BCUT2D eigenvalue weighted by molar-refractivity contribution is 7.89. The van der Waals surface area contributed by atoms with Gasteiger partial charge in [0.15, 0.2) is 4.90 Å². The van der Waals surface area contributed by atoms with Crippen molar-refractivity contribution < 1.29 is 22.0 Å². The molecule has 0 spiro atoms. The van der Waals surface area contributed by atoms with Crippen LogP contribution in [0.3, 0.4) is 0 Å². The van der Waals surface area contributed by atoms with E-state index >= 15 is 0 Å². The number of nitrogens with zero attached hydrogens (tertiary/aromatic N) is 3. The predicted molar refractivity (Wildman–Crippen MR) is 85.3 cm³/mol. The van der Waals surface area contributed by atoms with Gasteiger partial charge in [-0.2, -0.15) is 4.31 Å². The number of aromatic nitrogens is 1. The van der Waals surface area contributed by atoms with Gasteiger partial charge in [0, 0.05) is 44.1 Å². The molecule has 0 aliphatic carbocycles. The van der Waals surface area contributed by atoms with Crippen molar-refractivity contribution in [2.24, 2.45) is 0 Å². The Morgan fingerprint density at radius 2 is 1.52 bits per heavy atom. The van der Waals surface area contributed by atoms with Crippen molar-refractivity contribution in [1.29, 1.82) is 0 Å². The van der Waals surface area contributed by atoms with E-state index in [0.717, 1.165) is 22.5 Å². The van der Waals surface area contributed by atoms with Crippen LogP contribution in [0, 0.1) is 11.6 Å². The van der Waals surface area contributed by atoms with Crippen LogP contribution in [0.5, 0.6) is 0 Å². The first kappa shape index (κ1) is 17.4. The summed E-state index contributed by atoms with van der Waals surface area (Å²) in [7, 11) is -4.30. The highest BCUT2D eigenvalue weighted by Gasteiger charge is 2.34. The average Bonchev–Trinajstić information content (AvgIpc) is 2.61. The van der Waals surface area contributed by atoms with Crippen LogP contribution in [0.25, 0.3) is 0 Å². The van der Waals surface area contributed by atoms with E-state index in [1.165, 1.54) is 17.3 Å². The highest BCUT2D eigenvalue weighted by Crippen LogP contribution is 2.23. The molecule has 0 atom stereocenters. The molecule has 1 aliphatic rings. The Labute approximate surface area is 143 Å². The molecule has 1 fully saturated rings. The van der Waals surface area contributed by atoms with E-state index in [4.69, 9.17) is 0 Å². The summed E-state index contributed by atoms with van der Waals surface area (Å²) in [4.78, 5) is 16.7. The van der Waals surface area contributed by atoms with Gasteiger partial charge in [0.1, 0.15) is 11.6 Å². The monoisotopic (exact) mass is 367 g/mol. The molecule has 3 rings (SSSR count). The maximum absolute atomic E-state index is 13.8. The van der Waals surface area contributed by atoms with Gasteiger partial charge in [-0.15, -0.1) is 0 Å². The van der Waals surface area contributed by atoms with Gasteiger partial charge in [-0.1, -0.05) is 6.07 Å². The predicted octanol–water partition coefficient (Wildman–Crippen LogP) is 1.51. The molecule has 2 aromatic rings. The zero-order valence-corrected chi connectivity index (χ0v) is 13.9. The molecule has 0 N–H and O–H groups in total. The maximum atomic E-state index is 13.8. The van der Waals surface area contributed by atoms with E-state index in [2.05, 4.69) is 4.98 Å². The van der Waals surface area contributed by atoms with Crippen LogP contribution in [0.15, 0.2) is 47.6 Å². The second-order valence-electron chi connectivity index (χ2n) is 5.48. The van der Waals surface area contributed by atoms with Gasteiger partial charge in [-0.05, 0) is 24.3 Å². The number of sulfonamides is 1. The summed E-state index contributed by atoms with van der Waals surface area (Å²) < 4.78 is 53.6. The van der Waals surface area contributed by atoms with E-state index in [1.807, 2.05) is 0 Å². The average molecular weight is 367 g/mol. The fourth-order valence-corrected chi connectivity index (χ4v) is 4.20. The molecule has 132 valence electrons. The molecule has 0 unspecified atom stereocenters. The molecule has 1 aromatic heterocycles. The molecule has 0 bridgehead atoms. The van der Waals surface area contributed by atoms with Crippen molar-refractivity contribution in [2.75, 3.05) is 26.2 Å². The van der Waals surface area contributed by atoms with Crippen molar-refractivity contribution in [1.82, 2.24) is 14.2 Å². The smallest absolute Gasteiger partial charge is 0.254 e. The Kier molecular flexibility index (Phi) is 4.78. The minimum absolute atomic E-state index is 0.0348. The van der Waals surface area contributed by atoms with E-state index < -0.39 is 26.6 Å². The lowest BCUT2D eigenvalue weighted by Gasteiger charge is -2.34.